The molecule has 0 bridgehead atoms. The second-order valence-corrected chi connectivity index (χ2v) is 6.33. The average Bonchev–Trinajstić information content (AvgIpc) is 2.68. The van der Waals surface area contributed by atoms with E-state index in [4.69, 9.17) is 4.74 Å². The van der Waals surface area contributed by atoms with E-state index in [2.05, 4.69) is 4.90 Å². The molecular formula is C18H25N3O3. The normalized spacial score (nSPS) is 18.5. The van der Waals surface area contributed by atoms with Crippen LogP contribution in [0.3, 0.4) is 0 Å². The standard InChI is InChI=1S/C18H25N3O3/c1-24-16-7-5-15(6-8-16)19-11-13-21(14-12-19)18(23)17(22)20-9-3-2-4-10-20/h5-8H,2-4,9-14H2,1H3. The molecule has 0 aliphatic carbocycles. The lowest BCUT2D eigenvalue weighted by Gasteiger charge is -2.37. The molecule has 2 amide bonds. The molecule has 0 atom stereocenters. The van der Waals surface area contributed by atoms with Crippen molar-refractivity contribution in [3.63, 3.8) is 0 Å². The van der Waals surface area contributed by atoms with Gasteiger partial charge >= 0.3 is 11.8 Å². The zero-order valence-electron chi connectivity index (χ0n) is 14.2. The first-order valence-electron chi connectivity index (χ1n) is 8.66. The highest BCUT2D eigenvalue weighted by Crippen LogP contribution is 2.20. The van der Waals surface area contributed by atoms with Gasteiger partial charge in [0.1, 0.15) is 5.75 Å². The molecule has 2 fully saturated rings. The van der Waals surface area contributed by atoms with Gasteiger partial charge in [-0.3, -0.25) is 9.59 Å². The summed E-state index contributed by atoms with van der Waals surface area (Å²) in [6, 6.07) is 7.92. The van der Waals surface area contributed by atoms with Gasteiger partial charge in [-0.1, -0.05) is 0 Å². The summed E-state index contributed by atoms with van der Waals surface area (Å²) in [7, 11) is 1.65. The molecule has 0 unspecified atom stereocenters. The number of piperazine rings is 1. The van der Waals surface area contributed by atoms with Gasteiger partial charge in [0.2, 0.25) is 0 Å². The number of anilines is 1. The molecule has 2 aliphatic heterocycles. The van der Waals surface area contributed by atoms with Crippen molar-refractivity contribution in [2.75, 3.05) is 51.3 Å². The van der Waals surface area contributed by atoms with Crippen LogP contribution in [-0.4, -0.2) is 68.0 Å². The summed E-state index contributed by atoms with van der Waals surface area (Å²) >= 11 is 0. The molecule has 1 aromatic rings. The number of hydrogen-bond donors (Lipinski definition) is 0. The molecule has 6 heteroatoms. The van der Waals surface area contributed by atoms with Crippen molar-refractivity contribution in [1.82, 2.24) is 9.80 Å². The largest absolute Gasteiger partial charge is 0.497 e. The Kier molecular flexibility index (Phi) is 5.23. The van der Waals surface area contributed by atoms with E-state index in [0.717, 1.165) is 56.9 Å². The van der Waals surface area contributed by atoms with Crippen molar-refractivity contribution >= 4 is 17.5 Å². The van der Waals surface area contributed by atoms with Gasteiger partial charge in [0.15, 0.2) is 0 Å². The van der Waals surface area contributed by atoms with Gasteiger partial charge in [0.05, 0.1) is 7.11 Å². The molecule has 6 nitrogen and oxygen atoms in total. The quantitative estimate of drug-likeness (QED) is 0.768. The Labute approximate surface area is 143 Å². The highest BCUT2D eigenvalue weighted by Gasteiger charge is 2.30. The fourth-order valence-electron chi connectivity index (χ4n) is 3.33. The van der Waals surface area contributed by atoms with Gasteiger partial charge in [-0.05, 0) is 43.5 Å². The molecule has 24 heavy (non-hydrogen) atoms. The minimum Gasteiger partial charge on any atom is -0.497 e. The zero-order chi connectivity index (χ0) is 16.9. The summed E-state index contributed by atoms with van der Waals surface area (Å²) in [4.78, 5) is 30.4. The van der Waals surface area contributed by atoms with Gasteiger partial charge in [0.25, 0.3) is 0 Å². The number of carbonyl (C=O) groups is 2. The van der Waals surface area contributed by atoms with E-state index < -0.39 is 0 Å². The number of hydrogen-bond acceptors (Lipinski definition) is 4. The van der Waals surface area contributed by atoms with Crippen molar-refractivity contribution in [1.29, 1.82) is 0 Å². The van der Waals surface area contributed by atoms with E-state index in [1.807, 2.05) is 24.3 Å². The zero-order valence-corrected chi connectivity index (χ0v) is 14.2. The van der Waals surface area contributed by atoms with Gasteiger partial charge in [0, 0.05) is 45.0 Å². The molecule has 3 rings (SSSR count). The van der Waals surface area contributed by atoms with E-state index >= 15 is 0 Å². The van der Waals surface area contributed by atoms with Crippen LogP contribution < -0.4 is 9.64 Å². The third-order valence-electron chi connectivity index (χ3n) is 4.83. The SMILES string of the molecule is COc1ccc(N2CCN(C(=O)C(=O)N3CCCCC3)CC2)cc1. The van der Waals surface area contributed by atoms with Crippen LogP contribution in [0.5, 0.6) is 5.75 Å². The second-order valence-electron chi connectivity index (χ2n) is 6.33. The van der Waals surface area contributed by atoms with E-state index in [-0.39, 0.29) is 11.8 Å². The molecule has 0 radical (unpaired) electrons. The maximum absolute atomic E-state index is 12.4. The molecule has 0 N–H and O–H groups in total. The minimum atomic E-state index is -0.341. The van der Waals surface area contributed by atoms with Crippen LogP contribution in [0.4, 0.5) is 5.69 Å². The molecule has 2 heterocycles. The van der Waals surface area contributed by atoms with Gasteiger partial charge in [-0.2, -0.15) is 0 Å². The Morgan fingerprint density at radius 2 is 1.33 bits per heavy atom. The van der Waals surface area contributed by atoms with E-state index in [0.29, 0.717) is 13.1 Å². The number of amides is 2. The topological polar surface area (TPSA) is 53.1 Å². The number of rotatable bonds is 2. The van der Waals surface area contributed by atoms with Gasteiger partial charge < -0.3 is 19.4 Å². The highest BCUT2D eigenvalue weighted by atomic mass is 16.5. The lowest BCUT2D eigenvalue weighted by molar-refractivity contribution is -0.152. The molecule has 130 valence electrons. The highest BCUT2D eigenvalue weighted by molar-refractivity contribution is 6.34. The number of benzene rings is 1. The fraction of sp³-hybridized carbons (Fsp3) is 0.556. The summed E-state index contributed by atoms with van der Waals surface area (Å²) in [5.41, 5.74) is 1.12. The molecule has 0 spiro atoms. The molecule has 0 saturated carbocycles. The number of likely N-dealkylation sites (tertiary alicyclic amines) is 1. The van der Waals surface area contributed by atoms with E-state index in [1.165, 1.54) is 0 Å². The number of carbonyl (C=O) groups excluding carboxylic acids is 2. The number of ether oxygens (including phenoxy) is 1. The second kappa shape index (κ2) is 7.55. The smallest absolute Gasteiger partial charge is 0.312 e. The van der Waals surface area contributed by atoms with Gasteiger partial charge in [-0.15, -0.1) is 0 Å². The fourth-order valence-corrected chi connectivity index (χ4v) is 3.33. The average molecular weight is 331 g/mol. The first kappa shape index (κ1) is 16.6. The third kappa shape index (κ3) is 3.63. The predicted molar refractivity (Wildman–Crippen MR) is 92.2 cm³/mol. The Hall–Kier alpha value is -2.24. The summed E-state index contributed by atoms with van der Waals surface area (Å²) in [6.07, 6.45) is 3.16. The van der Waals surface area contributed by atoms with Crippen LogP contribution in [0.15, 0.2) is 24.3 Å². The molecule has 2 saturated heterocycles. The van der Waals surface area contributed by atoms with Crippen LogP contribution in [0.1, 0.15) is 19.3 Å². The lowest BCUT2D eigenvalue weighted by Crippen LogP contribution is -2.54. The summed E-state index contributed by atoms with van der Waals surface area (Å²) in [5, 5.41) is 0. The Morgan fingerprint density at radius 1 is 0.792 bits per heavy atom. The Bertz CT molecular complexity index is 574. The number of piperidine rings is 1. The predicted octanol–water partition coefficient (Wildman–Crippen LogP) is 1.36. The summed E-state index contributed by atoms with van der Waals surface area (Å²) in [6.45, 7) is 4.10. The first-order valence-corrected chi connectivity index (χ1v) is 8.66. The van der Waals surface area contributed by atoms with E-state index in [1.54, 1.807) is 16.9 Å². The van der Waals surface area contributed by atoms with Crippen LogP contribution in [-0.2, 0) is 9.59 Å². The third-order valence-corrected chi connectivity index (χ3v) is 4.83. The van der Waals surface area contributed by atoms with Crippen molar-refractivity contribution in [2.45, 2.75) is 19.3 Å². The number of nitrogens with zero attached hydrogens (tertiary/aromatic N) is 3. The Balaban J connectivity index is 1.53. The first-order chi connectivity index (χ1) is 11.7. The Morgan fingerprint density at radius 3 is 1.88 bits per heavy atom. The molecule has 1 aromatic carbocycles. The van der Waals surface area contributed by atoms with Crippen LogP contribution in [0, 0.1) is 0 Å². The van der Waals surface area contributed by atoms with Crippen molar-refractivity contribution < 1.29 is 14.3 Å². The number of methoxy groups -OCH3 is 1. The van der Waals surface area contributed by atoms with Crippen LogP contribution >= 0.6 is 0 Å². The molecule has 2 aliphatic rings. The maximum atomic E-state index is 12.4. The summed E-state index contributed by atoms with van der Waals surface area (Å²) in [5.74, 6) is 0.165. The molecule has 0 aromatic heterocycles. The van der Waals surface area contributed by atoms with Crippen molar-refractivity contribution in [3.8, 4) is 5.75 Å². The van der Waals surface area contributed by atoms with Crippen LogP contribution in [0.2, 0.25) is 0 Å². The van der Waals surface area contributed by atoms with Crippen molar-refractivity contribution in [3.05, 3.63) is 24.3 Å². The molecular weight excluding hydrogens is 306 g/mol. The van der Waals surface area contributed by atoms with Gasteiger partial charge in [-0.25, -0.2) is 0 Å². The van der Waals surface area contributed by atoms with Crippen LogP contribution in [0.25, 0.3) is 0 Å². The lowest BCUT2D eigenvalue weighted by atomic mass is 10.1. The monoisotopic (exact) mass is 331 g/mol. The summed E-state index contributed by atoms with van der Waals surface area (Å²) < 4.78 is 5.18. The minimum absolute atomic E-state index is 0.326. The van der Waals surface area contributed by atoms with E-state index in [9.17, 15) is 9.59 Å². The van der Waals surface area contributed by atoms with Crippen molar-refractivity contribution in [2.24, 2.45) is 0 Å². The maximum Gasteiger partial charge on any atom is 0.312 e.